The summed E-state index contributed by atoms with van der Waals surface area (Å²) < 4.78 is 10.1. The van der Waals surface area contributed by atoms with Gasteiger partial charge in [0.25, 0.3) is 17.7 Å². The molecule has 5 amide bonds. The Hall–Kier alpha value is -3.27. The van der Waals surface area contributed by atoms with Crippen molar-refractivity contribution >= 4 is 29.7 Å². The van der Waals surface area contributed by atoms with E-state index in [0.29, 0.717) is 19.6 Å². The van der Waals surface area contributed by atoms with Crippen LogP contribution in [0.15, 0.2) is 18.2 Å². The number of methoxy groups -OCH3 is 1. The third-order valence-electron chi connectivity index (χ3n) is 4.69. The van der Waals surface area contributed by atoms with E-state index in [1.807, 2.05) is 0 Å². The third kappa shape index (κ3) is 3.97. The lowest BCUT2D eigenvalue weighted by Crippen LogP contribution is -2.41. The largest absolute Gasteiger partial charge is 0.449 e. The van der Waals surface area contributed by atoms with E-state index in [0.717, 1.165) is 9.80 Å². The van der Waals surface area contributed by atoms with Crippen LogP contribution in [0.2, 0.25) is 0 Å². The van der Waals surface area contributed by atoms with Gasteiger partial charge in [-0.15, -0.1) is 0 Å². The first-order valence-corrected chi connectivity index (χ1v) is 9.14. The van der Waals surface area contributed by atoms with Crippen molar-refractivity contribution in [3.63, 3.8) is 0 Å². The summed E-state index contributed by atoms with van der Waals surface area (Å²) >= 11 is 0. The van der Waals surface area contributed by atoms with E-state index in [1.165, 1.54) is 32.2 Å². The van der Waals surface area contributed by atoms with Gasteiger partial charge < -0.3 is 14.8 Å². The molecule has 10 nitrogen and oxygen atoms in total. The van der Waals surface area contributed by atoms with Gasteiger partial charge in [-0.1, -0.05) is 0 Å². The van der Waals surface area contributed by atoms with Gasteiger partial charge in [-0.3, -0.25) is 24.2 Å². The first-order valence-electron chi connectivity index (χ1n) is 9.14. The topological polar surface area (TPSA) is 122 Å². The molecule has 0 bridgehead atoms. The smallest absolute Gasteiger partial charge is 0.338 e. The van der Waals surface area contributed by atoms with Crippen LogP contribution in [0, 0.1) is 0 Å². The Balaban J connectivity index is 1.69. The van der Waals surface area contributed by atoms with Crippen molar-refractivity contribution in [2.75, 3.05) is 33.4 Å². The number of benzene rings is 1. The zero-order valence-corrected chi connectivity index (χ0v) is 16.1. The minimum atomic E-state index is -1.18. The number of urea groups is 1. The standard InChI is InChI=1S/C19H21N3O7/c1-11(15(23)22-8-6-20-19(22)27)29-18(26)12-4-5-13-14(10-12)17(25)21(16(13)24)7-3-9-28-2/h4-5,10-11H,3,6-9H2,1-2H3,(H,20,27)/t11-/m0/s1. The van der Waals surface area contributed by atoms with E-state index in [4.69, 9.17) is 9.47 Å². The van der Waals surface area contributed by atoms with E-state index >= 15 is 0 Å². The third-order valence-corrected chi connectivity index (χ3v) is 4.69. The summed E-state index contributed by atoms with van der Waals surface area (Å²) in [6, 6.07) is 3.51. The zero-order valence-electron chi connectivity index (χ0n) is 16.1. The average Bonchev–Trinajstić information content (AvgIpc) is 3.23. The van der Waals surface area contributed by atoms with Crippen molar-refractivity contribution < 1.29 is 33.4 Å². The van der Waals surface area contributed by atoms with Crippen LogP contribution >= 0.6 is 0 Å². The lowest BCUT2D eigenvalue weighted by Gasteiger charge is -2.18. The van der Waals surface area contributed by atoms with Crippen molar-refractivity contribution in [3.8, 4) is 0 Å². The Labute approximate surface area is 166 Å². The fraction of sp³-hybridized carbons (Fsp3) is 0.421. The molecule has 1 N–H and O–H groups in total. The molecular weight excluding hydrogens is 382 g/mol. The molecule has 0 unspecified atom stereocenters. The van der Waals surface area contributed by atoms with Gasteiger partial charge in [0.1, 0.15) is 0 Å². The molecule has 1 saturated heterocycles. The van der Waals surface area contributed by atoms with Crippen molar-refractivity contribution in [2.24, 2.45) is 0 Å². The highest BCUT2D eigenvalue weighted by atomic mass is 16.5. The summed E-state index contributed by atoms with van der Waals surface area (Å²) in [6.07, 6.45) is -0.678. The van der Waals surface area contributed by atoms with Gasteiger partial charge >= 0.3 is 12.0 Å². The number of esters is 1. The summed E-state index contributed by atoms with van der Waals surface area (Å²) in [5.41, 5.74) is 0.357. The van der Waals surface area contributed by atoms with Crippen LogP contribution in [0.1, 0.15) is 44.4 Å². The second-order valence-corrected chi connectivity index (χ2v) is 6.64. The Kier molecular flexibility index (Phi) is 5.92. The lowest BCUT2D eigenvalue weighted by molar-refractivity contribution is -0.136. The molecule has 2 aliphatic rings. The fourth-order valence-electron chi connectivity index (χ4n) is 3.17. The first kappa shape index (κ1) is 20.5. The van der Waals surface area contributed by atoms with Gasteiger partial charge in [0, 0.05) is 33.4 Å². The van der Waals surface area contributed by atoms with Gasteiger partial charge in [-0.25, -0.2) is 9.59 Å². The van der Waals surface area contributed by atoms with Crippen LogP contribution in [0.5, 0.6) is 0 Å². The van der Waals surface area contributed by atoms with Crippen molar-refractivity contribution in [2.45, 2.75) is 19.4 Å². The molecule has 2 heterocycles. The van der Waals surface area contributed by atoms with Crippen LogP contribution < -0.4 is 5.32 Å². The molecule has 0 aromatic heterocycles. The molecule has 0 radical (unpaired) electrons. The van der Waals surface area contributed by atoms with E-state index in [9.17, 15) is 24.0 Å². The molecule has 1 fully saturated rings. The summed E-state index contributed by atoms with van der Waals surface area (Å²) in [4.78, 5) is 63.2. The molecular formula is C19H21N3O7. The number of ether oxygens (including phenoxy) is 2. The van der Waals surface area contributed by atoms with Gasteiger partial charge in [0.15, 0.2) is 6.10 Å². The van der Waals surface area contributed by atoms with Crippen molar-refractivity contribution in [1.82, 2.24) is 15.1 Å². The van der Waals surface area contributed by atoms with Crippen LogP contribution in [0.4, 0.5) is 4.79 Å². The highest BCUT2D eigenvalue weighted by Gasteiger charge is 2.36. The van der Waals surface area contributed by atoms with Crippen LogP contribution in [-0.4, -0.2) is 79.0 Å². The number of amides is 5. The number of carbonyl (C=O) groups excluding carboxylic acids is 5. The maximum absolute atomic E-state index is 12.5. The molecule has 0 aliphatic carbocycles. The molecule has 0 spiro atoms. The average molecular weight is 403 g/mol. The number of rotatable bonds is 7. The Morgan fingerprint density at radius 2 is 1.90 bits per heavy atom. The molecule has 10 heteroatoms. The predicted octanol–water partition coefficient (Wildman–Crippen LogP) is 0.416. The van der Waals surface area contributed by atoms with E-state index < -0.39 is 35.8 Å². The lowest BCUT2D eigenvalue weighted by atomic mass is 10.1. The number of hydrogen-bond acceptors (Lipinski definition) is 7. The maximum atomic E-state index is 12.5. The molecule has 1 aromatic rings. The highest BCUT2D eigenvalue weighted by Crippen LogP contribution is 2.24. The summed E-state index contributed by atoms with van der Waals surface area (Å²) in [6.45, 7) is 2.53. The zero-order chi connectivity index (χ0) is 21.1. The highest BCUT2D eigenvalue weighted by molar-refractivity contribution is 6.22. The van der Waals surface area contributed by atoms with Gasteiger partial charge in [-0.2, -0.15) is 0 Å². The van der Waals surface area contributed by atoms with E-state index in [-0.39, 0.29) is 29.8 Å². The number of nitrogens with zero attached hydrogens (tertiary/aromatic N) is 2. The molecule has 2 aliphatic heterocycles. The predicted molar refractivity (Wildman–Crippen MR) is 98.3 cm³/mol. The van der Waals surface area contributed by atoms with Gasteiger partial charge in [0.05, 0.1) is 16.7 Å². The second kappa shape index (κ2) is 8.39. The quantitative estimate of drug-likeness (QED) is 0.398. The minimum absolute atomic E-state index is 0.0363. The Morgan fingerprint density at radius 3 is 2.55 bits per heavy atom. The molecule has 3 rings (SSSR count). The molecule has 29 heavy (non-hydrogen) atoms. The van der Waals surface area contributed by atoms with Crippen molar-refractivity contribution in [3.05, 3.63) is 34.9 Å². The normalized spacial score (nSPS) is 16.7. The Morgan fingerprint density at radius 1 is 1.17 bits per heavy atom. The van der Waals surface area contributed by atoms with E-state index in [1.54, 1.807) is 0 Å². The second-order valence-electron chi connectivity index (χ2n) is 6.64. The monoisotopic (exact) mass is 403 g/mol. The summed E-state index contributed by atoms with van der Waals surface area (Å²) in [7, 11) is 1.53. The summed E-state index contributed by atoms with van der Waals surface area (Å²) in [5, 5.41) is 2.49. The SMILES string of the molecule is COCCCN1C(=O)c2ccc(C(=O)O[C@@H](C)C(=O)N3CCNC3=O)cc2C1=O. The molecule has 1 atom stereocenters. The van der Waals surface area contributed by atoms with Crippen molar-refractivity contribution in [1.29, 1.82) is 0 Å². The number of imide groups is 2. The number of hydrogen-bond donors (Lipinski definition) is 1. The molecule has 0 saturated carbocycles. The van der Waals surface area contributed by atoms with Crippen LogP contribution in [-0.2, 0) is 14.3 Å². The number of nitrogens with one attached hydrogen (secondary N) is 1. The number of fused-ring (bicyclic) bond motifs is 1. The fourth-order valence-corrected chi connectivity index (χ4v) is 3.17. The van der Waals surface area contributed by atoms with Crippen LogP contribution in [0.3, 0.4) is 0 Å². The van der Waals surface area contributed by atoms with Crippen LogP contribution in [0.25, 0.3) is 0 Å². The Bertz CT molecular complexity index is 883. The van der Waals surface area contributed by atoms with Gasteiger partial charge in [-0.05, 0) is 31.5 Å². The summed E-state index contributed by atoms with van der Waals surface area (Å²) in [5.74, 6) is -2.38. The maximum Gasteiger partial charge on any atom is 0.338 e. The van der Waals surface area contributed by atoms with E-state index in [2.05, 4.69) is 5.32 Å². The first-order chi connectivity index (χ1) is 13.8. The minimum Gasteiger partial charge on any atom is -0.449 e. The van der Waals surface area contributed by atoms with Gasteiger partial charge in [0.2, 0.25) is 0 Å². The molecule has 154 valence electrons. The molecule has 1 aromatic carbocycles. The number of carbonyl (C=O) groups is 5.